The summed E-state index contributed by atoms with van der Waals surface area (Å²) in [5.74, 6) is 0. The third-order valence-electron chi connectivity index (χ3n) is 1.02. The van der Waals surface area contributed by atoms with Crippen molar-refractivity contribution in [3.05, 3.63) is 21.1 Å². The molecule has 0 unspecified atom stereocenters. The van der Waals surface area contributed by atoms with E-state index >= 15 is 0 Å². The van der Waals surface area contributed by atoms with E-state index < -0.39 is 11.9 Å². The highest BCUT2D eigenvalue weighted by Gasteiger charge is 2.35. The summed E-state index contributed by atoms with van der Waals surface area (Å²) in [7, 11) is 0. The van der Waals surface area contributed by atoms with Crippen LogP contribution in [0.25, 0.3) is 0 Å². The van der Waals surface area contributed by atoms with Crippen molar-refractivity contribution in [3.8, 4) is 0 Å². The molecule has 12 heavy (non-hydrogen) atoms. The van der Waals surface area contributed by atoms with Crippen LogP contribution in [0.1, 0.15) is 5.69 Å². The molecule has 0 aliphatic carbocycles. The lowest BCUT2D eigenvalue weighted by Gasteiger charge is -2.06. The maximum absolute atomic E-state index is 12.1. The maximum Gasteiger partial charge on any atom is 0.434 e. The first kappa shape index (κ1) is 9.91. The van der Waals surface area contributed by atoms with E-state index in [1.54, 1.807) is 0 Å². The van der Waals surface area contributed by atoms with Crippen molar-refractivity contribution < 1.29 is 13.2 Å². The van der Waals surface area contributed by atoms with Gasteiger partial charge in [0.15, 0.2) is 5.69 Å². The van der Waals surface area contributed by atoms with Crippen LogP contribution in [0.2, 0.25) is 0 Å². The fourth-order valence-corrected chi connectivity index (χ4v) is 1.25. The molecule has 0 saturated heterocycles. The molecule has 0 spiro atoms. The van der Waals surface area contributed by atoms with E-state index in [0.717, 1.165) is 6.33 Å². The summed E-state index contributed by atoms with van der Waals surface area (Å²) >= 11 is 5.56. The average molecular weight is 306 g/mol. The standard InChI is InChI=1S/C5HBr2F3N2/c6-2-3(5(8,9)10)11-1-12-4(2)7/h1H. The van der Waals surface area contributed by atoms with Gasteiger partial charge >= 0.3 is 6.18 Å². The minimum atomic E-state index is -4.45. The van der Waals surface area contributed by atoms with Crippen LogP contribution in [-0.2, 0) is 6.18 Å². The summed E-state index contributed by atoms with van der Waals surface area (Å²) in [6, 6.07) is 0. The zero-order valence-electron chi connectivity index (χ0n) is 5.36. The van der Waals surface area contributed by atoms with E-state index in [2.05, 4.69) is 41.8 Å². The molecule has 0 radical (unpaired) electrons. The summed E-state index contributed by atoms with van der Waals surface area (Å²) in [4.78, 5) is 6.61. The third kappa shape index (κ3) is 1.95. The normalized spacial score (nSPS) is 11.8. The predicted molar refractivity (Wildman–Crippen MR) is 42.4 cm³/mol. The van der Waals surface area contributed by atoms with Gasteiger partial charge in [-0.1, -0.05) is 0 Å². The Morgan fingerprint density at radius 1 is 1.17 bits per heavy atom. The molecule has 1 aromatic rings. The Morgan fingerprint density at radius 3 is 2.17 bits per heavy atom. The van der Waals surface area contributed by atoms with Gasteiger partial charge in [0, 0.05) is 0 Å². The summed E-state index contributed by atoms with van der Waals surface area (Å²) < 4.78 is 36.2. The van der Waals surface area contributed by atoms with E-state index in [4.69, 9.17) is 0 Å². The van der Waals surface area contributed by atoms with Gasteiger partial charge in [0.25, 0.3) is 0 Å². The Hall–Kier alpha value is -0.170. The van der Waals surface area contributed by atoms with E-state index in [9.17, 15) is 13.2 Å². The van der Waals surface area contributed by atoms with Crippen molar-refractivity contribution in [2.75, 3.05) is 0 Å². The molecule has 0 fully saturated rings. The van der Waals surface area contributed by atoms with Gasteiger partial charge in [-0.25, -0.2) is 9.97 Å². The topological polar surface area (TPSA) is 25.8 Å². The molecule has 0 aliphatic heterocycles. The summed E-state index contributed by atoms with van der Waals surface area (Å²) in [5.41, 5.74) is -0.982. The van der Waals surface area contributed by atoms with E-state index in [-0.39, 0.29) is 9.08 Å². The molecular weight excluding hydrogens is 305 g/mol. The number of hydrogen-bond acceptors (Lipinski definition) is 2. The van der Waals surface area contributed by atoms with Gasteiger partial charge in [-0.2, -0.15) is 13.2 Å². The molecule has 7 heteroatoms. The van der Waals surface area contributed by atoms with Gasteiger partial charge in [0.05, 0.1) is 4.47 Å². The molecule has 2 nitrogen and oxygen atoms in total. The molecule has 0 N–H and O–H groups in total. The van der Waals surface area contributed by atoms with Crippen molar-refractivity contribution >= 4 is 31.9 Å². The average Bonchev–Trinajstić information content (AvgIpc) is 1.92. The van der Waals surface area contributed by atoms with Gasteiger partial charge < -0.3 is 0 Å². The molecule has 0 aromatic carbocycles. The quantitative estimate of drug-likeness (QED) is 0.689. The number of alkyl halides is 3. The van der Waals surface area contributed by atoms with Crippen LogP contribution in [0.3, 0.4) is 0 Å². The Kier molecular flexibility index (Phi) is 2.72. The SMILES string of the molecule is FC(F)(F)c1ncnc(Br)c1Br. The molecule has 0 amide bonds. The van der Waals surface area contributed by atoms with E-state index in [1.807, 2.05) is 0 Å². The van der Waals surface area contributed by atoms with Gasteiger partial charge in [-0.3, -0.25) is 0 Å². The van der Waals surface area contributed by atoms with Crippen molar-refractivity contribution in [2.45, 2.75) is 6.18 Å². The zero-order valence-corrected chi connectivity index (χ0v) is 8.53. The number of rotatable bonds is 0. The second-order valence-corrected chi connectivity index (χ2v) is 3.37. The first-order chi connectivity index (χ1) is 5.43. The number of hydrogen-bond donors (Lipinski definition) is 0. The highest BCUT2D eigenvalue weighted by atomic mass is 79.9. The summed E-state index contributed by atoms with van der Waals surface area (Å²) in [5, 5.41) is 0. The molecule has 1 rings (SSSR count). The van der Waals surface area contributed by atoms with Crippen LogP contribution in [0.4, 0.5) is 13.2 Å². The minimum absolute atomic E-state index is 0.0878. The molecule has 1 heterocycles. The first-order valence-corrected chi connectivity index (χ1v) is 4.24. The predicted octanol–water partition coefficient (Wildman–Crippen LogP) is 3.02. The van der Waals surface area contributed by atoms with E-state index in [0.29, 0.717) is 0 Å². The Balaban J connectivity index is 3.26. The molecule has 1 aromatic heterocycles. The number of nitrogens with zero attached hydrogens (tertiary/aromatic N) is 2. The van der Waals surface area contributed by atoms with Crippen LogP contribution in [0.15, 0.2) is 15.4 Å². The largest absolute Gasteiger partial charge is 0.434 e. The molecule has 0 bridgehead atoms. The van der Waals surface area contributed by atoms with Gasteiger partial charge in [0.2, 0.25) is 0 Å². The van der Waals surface area contributed by atoms with Crippen molar-refractivity contribution in [3.63, 3.8) is 0 Å². The Morgan fingerprint density at radius 2 is 1.75 bits per heavy atom. The van der Waals surface area contributed by atoms with Crippen LogP contribution in [0, 0.1) is 0 Å². The maximum atomic E-state index is 12.1. The first-order valence-electron chi connectivity index (χ1n) is 2.66. The smallest absolute Gasteiger partial charge is 0.231 e. The molecule has 0 atom stereocenters. The van der Waals surface area contributed by atoms with Crippen LogP contribution in [-0.4, -0.2) is 9.97 Å². The van der Waals surface area contributed by atoms with Gasteiger partial charge in [-0.15, -0.1) is 0 Å². The molecule has 0 aliphatic rings. The van der Waals surface area contributed by atoms with Crippen LogP contribution in [0.5, 0.6) is 0 Å². The fourth-order valence-electron chi connectivity index (χ4n) is 0.546. The fraction of sp³-hybridized carbons (Fsp3) is 0.200. The van der Waals surface area contributed by atoms with Gasteiger partial charge in [-0.05, 0) is 31.9 Å². The second kappa shape index (κ2) is 3.29. The molecule has 66 valence electrons. The summed E-state index contributed by atoms with van der Waals surface area (Å²) in [6.45, 7) is 0. The van der Waals surface area contributed by atoms with E-state index in [1.165, 1.54) is 0 Å². The highest BCUT2D eigenvalue weighted by Crippen LogP contribution is 2.35. The van der Waals surface area contributed by atoms with Crippen LogP contribution >= 0.6 is 31.9 Å². The number of halogens is 5. The van der Waals surface area contributed by atoms with Gasteiger partial charge in [0.1, 0.15) is 10.9 Å². The zero-order chi connectivity index (χ0) is 9.35. The summed E-state index contributed by atoms with van der Waals surface area (Å²) in [6.07, 6.45) is -3.61. The second-order valence-electron chi connectivity index (χ2n) is 1.82. The third-order valence-corrected chi connectivity index (χ3v) is 2.90. The number of aromatic nitrogens is 2. The highest BCUT2D eigenvalue weighted by molar-refractivity contribution is 9.13. The van der Waals surface area contributed by atoms with Crippen molar-refractivity contribution in [2.24, 2.45) is 0 Å². The molecule has 0 saturated carbocycles. The molecular formula is C5HBr2F3N2. The van der Waals surface area contributed by atoms with Crippen molar-refractivity contribution in [1.82, 2.24) is 9.97 Å². The lowest BCUT2D eigenvalue weighted by atomic mass is 10.4. The Labute approximate surface area is 82.5 Å². The van der Waals surface area contributed by atoms with Crippen LogP contribution < -0.4 is 0 Å². The Bertz CT molecular complexity index is 299. The minimum Gasteiger partial charge on any atom is -0.231 e. The monoisotopic (exact) mass is 304 g/mol. The lowest BCUT2D eigenvalue weighted by Crippen LogP contribution is -2.09. The van der Waals surface area contributed by atoms with Crippen molar-refractivity contribution in [1.29, 1.82) is 0 Å². The lowest BCUT2D eigenvalue weighted by molar-refractivity contribution is -0.142.